The third-order valence-corrected chi connectivity index (χ3v) is 3.33. The van der Waals surface area contributed by atoms with Gasteiger partial charge in [-0.2, -0.15) is 4.39 Å². The van der Waals surface area contributed by atoms with Crippen molar-refractivity contribution in [2.24, 2.45) is 0 Å². The molecule has 3 rings (SSSR count). The van der Waals surface area contributed by atoms with Gasteiger partial charge in [0.05, 0.1) is 7.11 Å². The zero-order chi connectivity index (χ0) is 17.1. The summed E-state index contributed by atoms with van der Waals surface area (Å²) in [4.78, 5) is 15.3. The number of aromatic amines is 1. The first-order valence-electron chi connectivity index (χ1n) is 6.99. The van der Waals surface area contributed by atoms with Crippen molar-refractivity contribution in [2.45, 2.75) is 6.92 Å². The van der Waals surface area contributed by atoms with Crippen molar-refractivity contribution >= 4 is 5.97 Å². The summed E-state index contributed by atoms with van der Waals surface area (Å²) in [6.45, 7) is 1.74. The minimum absolute atomic E-state index is 0.0415. The first-order chi connectivity index (χ1) is 11.6. The molecule has 1 N–H and O–H groups in total. The lowest BCUT2D eigenvalue weighted by molar-refractivity contribution is 0.0591. The zero-order valence-corrected chi connectivity index (χ0v) is 12.9. The van der Waals surface area contributed by atoms with E-state index in [4.69, 9.17) is 4.74 Å². The first-order valence-corrected chi connectivity index (χ1v) is 6.99. The number of rotatable bonds is 4. The molecule has 7 nitrogen and oxygen atoms in total. The smallest absolute Gasteiger partial charge is 0.364 e. The number of esters is 1. The Kier molecular flexibility index (Phi) is 4.19. The van der Waals surface area contributed by atoms with Crippen LogP contribution in [0, 0.1) is 12.9 Å². The van der Waals surface area contributed by atoms with Gasteiger partial charge in [0.15, 0.2) is 0 Å². The molecule has 0 bridgehead atoms. The van der Waals surface area contributed by atoms with Crippen molar-refractivity contribution in [3.8, 4) is 22.8 Å². The number of ether oxygens (including phenoxy) is 2. The van der Waals surface area contributed by atoms with Gasteiger partial charge >= 0.3 is 5.97 Å². The number of benzene rings is 1. The number of halogens is 1. The maximum Gasteiger partial charge on any atom is 0.364 e. The van der Waals surface area contributed by atoms with Crippen molar-refractivity contribution in [3.63, 3.8) is 0 Å². The standard InChI is InChI=1S/C16H13FN4O3/c1-9-12(7-8-13(17)18-9)10-3-5-11(6-4-10)24-15-14(16(22)23-2)19-21-20-15/h3-8H,1-2H3,(H,19,20,21). The highest BCUT2D eigenvalue weighted by Crippen LogP contribution is 2.27. The zero-order valence-electron chi connectivity index (χ0n) is 12.9. The van der Waals surface area contributed by atoms with Crippen molar-refractivity contribution < 1.29 is 18.7 Å². The summed E-state index contributed by atoms with van der Waals surface area (Å²) in [7, 11) is 1.24. The topological polar surface area (TPSA) is 90.0 Å². The number of hydrogen-bond donors (Lipinski definition) is 1. The van der Waals surface area contributed by atoms with Crippen LogP contribution in [0.25, 0.3) is 11.1 Å². The van der Waals surface area contributed by atoms with Crippen molar-refractivity contribution in [2.75, 3.05) is 7.11 Å². The molecule has 0 saturated heterocycles. The van der Waals surface area contributed by atoms with E-state index >= 15 is 0 Å². The van der Waals surface area contributed by atoms with Crippen molar-refractivity contribution in [3.05, 3.63) is 53.7 Å². The third kappa shape index (κ3) is 3.07. The number of nitrogens with one attached hydrogen (secondary N) is 1. The van der Waals surface area contributed by atoms with E-state index in [0.29, 0.717) is 11.4 Å². The number of hydrogen-bond acceptors (Lipinski definition) is 6. The number of nitrogens with zero attached hydrogens (tertiary/aromatic N) is 3. The third-order valence-electron chi connectivity index (χ3n) is 3.33. The Hall–Kier alpha value is -3.29. The van der Waals surface area contributed by atoms with Gasteiger partial charge in [-0.1, -0.05) is 17.3 Å². The summed E-state index contributed by atoms with van der Waals surface area (Å²) in [6, 6.07) is 10.0. The van der Waals surface area contributed by atoms with E-state index in [1.54, 1.807) is 37.3 Å². The first kappa shape index (κ1) is 15.6. The summed E-state index contributed by atoms with van der Waals surface area (Å²) in [5, 5.41) is 9.64. The van der Waals surface area contributed by atoms with E-state index in [1.807, 2.05) is 0 Å². The maximum atomic E-state index is 13.1. The lowest BCUT2D eigenvalue weighted by Crippen LogP contribution is -2.03. The van der Waals surface area contributed by atoms with Crippen LogP contribution in [0.2, 0.25) is 0 Å². The SMILES string of the molecule is COC(=O)c1nn[nH]c1Oc1ccc(-c2ccc(F)nc2C)cc1. The van der Waals surface area contributed by atoms with Gasteiger partial charge in [0.2, 0.25) is 11.6 Å². The molecule has 1 aromatic carbocycles. The lowest BCUT2D eigenvalue weighted by atomic mass is 10.0. The van der Waals surface area contributed by atoms with Crippen molar-refractivity contribution in [1.29, 1.82) is 0 Å². The van der Waals surface area contributed by atoms with Crippen LogP contribution in [-0.2, 0) is 4.74 Å². The van der Waals surface area contributed by atoms with Crippen LogP contribution >= 0.6 is 0 Å². The fourth-order valence-corrected chi connectivity index (χ4v) is 2.18. The van der Waals surface area contributed by atoms with E-state index in [-0.39, 0.29) is 11.6 Å². The van der Waals surface area contributed by atoms with Crippen LogP contribution in [0.5, 0.6) is 11.6 Å². The van der Waals surface area contributed by atoms with Crippen molar-refractivity contribution in [1.82, 2.24) is 20.4 Å². The van der Waals surface area contributed by atoms with Crippen LogP contribution in [0.15, 0.2) is 36.4 Å². The van der Waals surface area contributed by atoms with Crippen LogP contribution in [0.1, 0.15) is 16.2 Å². The van der Waals surface area contributed by atoms with Gasteiger partial charge in [-0.3, -0.25) is 0 Å². The molecule has 24 heavy (non-hydrogen) atoms. The molecule has 0 fully saturated rings. The summed E-state index contributed by atoms with van der Waals surface area (Å²) in [5.74, 6) is -0.599. The number of pyridine rings is 1. The largest absolute Gasteiger partial charge is 0.464 e. The van der Waals surface area contributed by atoms with Gasteiger partial charge in [-0.05, 0) is 36.8 Å². The molecule has 0 radical (unpaired) electrons. The average molecular weight is 328 g/mol. The minimum Gasteiger partial charge on any atom is -0.464 e. The monoisotopic (exact) mass is 328 g/mol. The minimum atomic E-state index is -0.650. The summed E-state index contributed by atoms with van der Waals surface area (Å²) in [5.41, 5.74) is 2.24. The molecule has 0 spiro atoms. The van der Waals surface area contributed by atoms with Crippen LogP contribution in [0.3, 0.4) is 0 Å². The molecule has 0 amide bonds. The Morgan fingerprint density at radius 1 is 1.17 bits per heavy atom. The second-order valence-electron chi connectivity index (χ2n) is 4.87. The molecule has 2 heterocycles. The Morgan fingerprint density at radius 3 is 2.58 bits per heavy atom. The highest BCUT2D eigenvalue weighted by Gasteiger charge is 2.18. The van der Waals surface area contributed by atoms with Crippen LogP contribution in [-0.4, -0.2) is 33.5 Å². The highest BCUT2D eigenvalue weighted by atomic mass is 19.1. The molecular weight excluding hydrogens is 315 g/mol. The maximum absolute atomic E-state index is 13.1. The number of aryl methyl sites for hydroxylation is 1. The molecule has 0 atom stereocenters. The van der Waals surface area contributed by atoms with Gasteiger partial charge < -0.3 is 9.47 Å². The second-order valence-corrected chi connectivity index (χ2v) is 4.87. The van der Waals surface area contributed by atoms with Crippen LogP contribution < -0.4 is 4.74 Å². The molecule has 0 saturated carbocycles. The summed E-state index contributed by atoms with van der Waals surface area (Å²) < 4.78 is 23.2. The average Bonchev–Trinajstić information content (AvgIpc) is 3.03. The number of methoxy groups -OCH3 is 1. The number of carbonyl (C=O) groups excluding carboxylic acids is 1. The van der Waals surface area contributed by atoms with Gasteiger partial charge in [-0.25, -0.2) is 14.9 Å². The fourth-order valence-electron chi connectivity index (χ4n) is 2.18. The highest BCUT2D eigenvalue weighted by molar-refractivity contribution is 5.89. The summed E-state index contributed by atoms with van der Waals surface area (Å²) in [6.07, 6.45) is 0. The van der Waals surface area contributed by atoms with Gasteiger partial charge in [0, 0.05) is 11.3 Å². The quantitative estimate of drug-likeness (QED) is 0.585. The van der Waals surface area contributed by atoms with E-state index in [2.05, 4.69) is 25.1 Å². The number of aromatic nitrogens is 4. The number of carbonyl (C=O) groups is 1. The molecule has 8 heteroatoms. The Balaban J connectivity index is 1.83. The van der Waals surface area contributed by atoms with Gasteiger partial charge in [-0.15, -0.1) is 5.10 Å². The second kappa shape index (κ2) is 6.45. The molecule has 0 aliphatic carbocycles. The lowest BCUT2D eigenvalue weighted by Gasteiger charge is -2.07. The molecule has 0 aliphatic heterocycles. The normalized spacial score (nSPS) is 10.5. The molecule has 3 aromatic rings. The predicted molar refractivity (Wildman–Crippen MR) is 82.2 cm³/mol. The number of H-pyrrole nitrogens is 1. The summed E-state index contributed by atoms with van der Waals surface area (Å²) >= 11 is 0. The molecule has 0 aliphatic rings. The molecular formula is C16H13FN4O3. The Morgan fingerprint density at radius 2 is 1.92 bits per heavy atom. The van der Waals surface area contributed by atoms with E-state index in [9.17, 15) is 9.18 Å². The molecule has 0 unspecified atom stereocenters. The van der Waals surface area contributed by atoms with Gasteiger partial charge in [0.25, 0.3) is 5.88 Å². The molecule has 2 aromatic heterocycles. The molecule has 122 valence electrons. The van der Waals surface area contributed by atoms with Gasteiger partial charge in [0.1, 0.15) is 5.75 Å². The van der Waals surface area contributed by atoms with E-state index in [0.717, 1.165) is 11.1 Å². The van der Waals surface area contributed by atoms with E-state index in [1.165, 1.54) is 13.2 Å². The Bertz CT molecular complexity index is 877. The predicted octanol–water partition coefficient (Wildman–Crippen LogP) is 2.89. The fraction of sp³-hybridized carbons (Fsp3) is 0.125. The Labute approximate surface area is 136 Å². The van der Waals surface area contributed by atoms with E-state index < -0.39 is 11.9 Å². The van der Waals surface area contributed by atoms with Crippen LogP contribution in [0.4, 0.5) is 4.39 Å².